The molecule has 1 saturated heterocycles. The van der Waals surface area contributed by atoms with E-state index < -0.39 is 0 Å². The first-order valence-corrected chi connectivity index (χ1v) is 7.05. The number of carbonyl (C=O) groups excluding carboxylic acids is 1. The van der Waals surface area contributed by atoms with Crippen molar-refractivity contribution < 1.29 is 4.79 Å². The third kappa shape index (κ3) is 2.00. The lowest BCUT2D eigenvalue weighted by Gasteiger charge is -2.29. The highest BCUT2D eigenvalue weighted by Crippen LogP contribution is 2.31. The summed E-state index contributed by atoms with van der Waals surface area (Å²) in [6.45, 7) is 0. The van der Waals surface area contributed by atoms with Crippen LogP contribution in [0.4, 0.5) is 10.6 Å². The maximum absolute atomic E-state index is 12.0. The van der Waals surface area contributed by atoms with Gasteiger partial charge in [0.1, 0.15) is 5.82 Å². The summed E-state index contributed by atoms with van der Waals surface area (Å²) in [6, 6.07) is 4.54. The summed E-state index contributed by atoms with van der Waals surface area (Å²) in [5.41, 5.74) is 0. The van der Waals surface area contributed by atoms with Gasteiger partial charge in [-0.25, -0.2) is 9.78 Å². The Morgan fingerprint density at radius 3 is 2.94 bits per heavy atom. The number of hydrogen-bond donors (Lipinski definition) is 1. The molecule has 2 fully saturated rings. The Balaban J connectivity index is 1.90. The predicted octanol–water partition coefficient (Wildman–Crippen LogP) is 2.53. The van der Waals surface area contributed by atoms with Gasteiger partial charge in [0.15, 0.2) is 0 Å². The molecule has 0 aromatic carbocycles. The summed E-state index contributed by atoms with van der Waals surface area (Å²) in [5.74, 6) is 0.775. The van der Waals surface area contributed by atoms with Gasteiger partial charge in [0.25, 0.3) is 0 Å². The number of rotatable bonds is 1. The van der Waals surface area contributed by atoms with Crippen LogP contribution in [0.2, 0.25) is 0 Å². The molecule has 2 amide bonds. The molecule has 0 spiro atoms. The smallest absolute Gasteiger partial charge is 0.323 e. The van der Waals surface area contributed by atoms with Gasteiger partial charge in [0, 0.05) is 9.77 Å². The van der Waals surface area contributed by atoms with Crippen molar-refractivity contribution in [3.05, 3.63) is 21.9 Å². The van der Waals surface area contributed by atoms with Gasteiger partial charge >= 0.3 is 6.03 Å². The molecule has 5 heteroatoms. The topological polar surface area (TPSA) is 45.2 Å². The highest BCUT2D eigenvalue weighted by molar-refractivity contribution is 14.1. The zero-order valence-corrected chi connectivity index (χ0v) is 11.6. The van der Waals surface area contributed by atoms with Crippen molar-refractivity contribution in [2.75, 3.05) is 4.90 Å². The van der Waals surface area contributed by atoms with Crippen LogP contribution >= 0.6 is 22.6 Å². The van der Waals surface area contributed by atoms with Crippen molar-refractivity contribution in [3.63, 3.8) is 0 Å². The summed E-state index contributed by atoms with van der Waals surface area (Å²) in [7, 11) is 0. The van der Waals surface area contributed by atoms with Crippen LogP contribution in [0, 0.1) is 3.57 Å². The van der Waals surface area contributed by atoms with Gasteiger partial charge in [-0.05, 0) is 47.6 Å². The normalized spacial score (nSPS) is 27.8. The molecule has 17 heavy (non-hydrogen) atoms. The second-order valence-corrected chi connectivity index (χ2v) is 5.86. The van der Waals surface area contributed by atoms with E-state index in [0.29, 0.717) is 12.1 Å². The molecule has 0 unspecified atom stereocenters. The number of nitrogens with one attached hydrogen (secondary N) is 1. The number of pyridine rings is 1. The molecule has 1 N–H and O–H groups in total. The SMILES string of the molecule is O=C1N[C@@H]2CCCC[C@H]2N1c1ccc(I)cn1. The van der Waals surface area contributed by atoms with E-state index in [4.69, 9.17) is 0 Å². The van der Waals surface area contributed by atoms with Crippen LogP contribution in [0.25, 0.3) is 0 Å². The molecule has 1 aromatic heterocycles. The molecule has 2 aliphatic rings. The quantitative estimate of drug-likeness (QED) is 0.797. The molecule has 1 aromatic rings. The highest BCUT2D eigenvalue weighted by atomic mass is 127. The van der Waals surface area contributed by atoms with Crippen LogP contribution < -0.4 is 10.2 Å². The molecule has 4 nitrogen and oxygen atoms in total. The third-order valence-corrected chi connectivity index (χ3v) is 4.19. The van der Waals surface area contributed by atoms with E-state index in [2.05, 4.69) is 32.9 Å². The highest BCUT2D eigenvalue weighted by Gasteiger charge is 2.41. The van der Waals surface area contributed by atoms with E-state index in [0.717, 1.165) is 22.2 Å². The van der Waals surface area contributed by atoms with Gasteiger partial charge in [0.05, 0.1) is 12.1 Å². The second-order valence-electron chi connectivity index (χ2n) is 4.61. The monoisotopic (exact) mass is 343 g/mol. The minimum Gasteiger partial charge on any atom is -0.333 e. The van der Waals surface area contributed by atoms with Gasteiger partial charge in [-0.1, -0.05) is 12.8 Å². The molecule has 1 aliphatic carbocycles. The van der Waals surface area contributed by atoms with Gasteiger partial charge in [-0.3, -0.25) is 4.90 Å². The number of halogens is 1. The molecular formula is C12H14IN3O. The lowest BCUT2D eigenvalue weighted by atomic mass is 9.91. The Kier molecular flexibility index (Phi) is 2.94. The minimum absolute atomic E-state index is 0.00982. The number of urea groups is 1. The summed E-state index contributed by atoms with van der Waals surface area (Å²) in [6.07, 6.45) is 6.40. The molecule has 3 rings (SSSR count). The summed E-state index contributed by atoms with van der Waals surface area (Å²) >= 11 is 2.22. The van der Waals surface area contributed by atoms with Crippen molar-refractivity contribution >= 4 is 34.4 Å². The van der Waals surface area contributed by atoms with E-state index >= 15 is 0 Å². The van der Waals surface area contributed by atoms with Crippen LogP contribution in [0.1, 0.15) is 25.7 Å². The van der Waals surface area contributed by atoms with Crippen molar-refractivity contribution in [2.24, 2.45) is 0 Å². The Bertz CT molecular complexity index is 434. The van der Waals surface area contributed by atoms with Crippen LogP contribution in [0.15, 0.2) is 18.3 Å². The summed E-state index contributed by atoms with van der Waals surface area (Å²) < 4.78 is 1.09. The fraction of sp³-hybridized carbons (Fsp3) is 0.500. The lowest BCUT2D eigenvalue weighted by molar-refractivity contribution is 0.250. The van der Waals surface area contributed by atoms with E-state index in [9.17, 15) is 4.79 Å². The maximum Gasteiger partial charge on any atom is 0.323 e. The van der Waals surface area contributed by atoms with Crippen molar-refractivity contribution in [1.82, 2.24) is 10.3 Å². The average Bonchev–Trinajstić information content (AvgIpc) is 2.66. The number of carbonyl (C=O) groups is 1. The number of nitrogens with zero attached hydrogens (tertiary/aromatic N) is 2. The molecule has 90 valence electrons. The van der Waals surface area contributed by atoms with E-state index in [-0.39, 0.29) is 6.03 Å². The number of amides is 2. The number of anilines is 1. The van der Waals surface area contributed by atoms with Crippen molar-refractivity contribution in [2.45, 2.75) is 37.8 Å². The fourth-order valence-corrected chi connectivity index (χ4v) is 3.07. The molecule has 1 saturated carbocycles. The molecule has 0 bridgehead atoms. The minimum atomic E-state index is 0.00982. The van der Waals surface area contributed by atoms with E-state index in [1.165, 1.54) is 12.8 Å². The van der Waals surface area contributed by atoms with Gasteiger partial charge < -0.3 is 5.32 Å². The van der Waals surface area contributed by atoms with Gasteiger partial charge in [-0.2, -0.15) is 0 Å². The van der Waals surface area contributed by atoms with E-state index in [1.54, 1.807) is 6.20 Å². The standard InChI is InChI=1S/C12H14IN3O/c13-8-5-6-11(14-7-8)16-10-4-2-1-3-9(10)15-12(16)17/h5-7,9-10H,1-4H2,(H,15,17)/t9-,10-/m1/s1. The predicted molar refractivity (Wildman–Crippen MR) is 74.0 cm³/mol. The van der Waals surface area contributed by atoms with Gasteiger partial charge in [0.2, 0.25) is 0 Å². The van der Waals surface area contributed by atoms with Crippen LogP contribution in [0.5, 0.6) is 0 Å². The van der Waals surface area contributed by atoms with Crippen molar-refractivity contribution in [3.8, 4) is 0 Å². The number of hydrogen-bond acceptors (Lipinski definition) is 2. The Labute approximate surface area is 114 Å². The number of aromatic nitrogens is 1. The summed E-state index contributed by atoms with van der Waals surface area (Å²) in [4.78, 5) is 18.2. The Hall–Kier alpha value is -0.850. The van der Waals surface area contributed by atoms with Crippen LogP contribution in [-0.4, -0.2) is 23.1 Å². The summed E-state index contributed by atoms with van der Waals surface area (Å²) in [5, 5.41) is 3.06. The number of fused-ring (bicyclic) bond motifs is 1. The first-order chi connectivity index (χ1) is 8.25. The molecule has 0 radical (unpaired) electrons. The first-order valence-electron chi connectivity index (χ1n) is 5.97. The second kappa shape index (κ2) is 4.44. The van der Waals surface area contributed by atoms with Crippen LogP contribution in [0.3, 0.4) is 0 Å². The average molecular weight is 343 g/mol. The molecule has 2 atom stereocenters. The lowest BCUT2D eigenvalue weighted by Crippen LogP contribution is -2.39. The zero-order valence-electron chi connectivity index (χ0n) is 9.40. The van der Waals surface area contributed by atoms with Gasteiger partial charge in [-0.15, -0.1) is 0 Å². The Morgan fingerprint density at radius 1 is 1.35 bits per heavy atom. The van der Waals surface area contributed by atoms with E-state index in [1.807, 2.05) is 17.0 Å². The van der Waals surface area contributed by atoms with Crippen molar-refractivity contribution in [1.29, 1.82) is 0 Å². The Morgan fingerprint density at radius 2 is 2.18 bits per heavy atom. The maximum atomic E-state index is 12.0. The largest absolute Gasteiger partial charge is 0.333 e. The molecule has 2 heterocycles. The van der Waals surface area contributed by atoms with Crippen LogP contribution in [-0.2, 0) is 0 Å². The molecule has 1 aliphatic heterocycles. The third-order valence-electron chi connectivity index (χ3n) is 3.55. The zero-order chi connectivity index (χ0) is 11.8. The fourth-order valence-electron chi connectivity index (χ4n) is 2.75. The molecular weight excluding hydrogens is 329 g/mol. The first kappa shape index (κ1) is 11.3.